The molecule has 1 saturated heterocycles. The highest BCUT2D eigenvalue weighted by Crippen LogP contribution is 2.24. The Morgan fingerprint density at radius 3 is 2.74 bits per heavy atom. The van der Waals surface area contributed by atoms with E-state index < -0.39 is 14.3 Å². The number of rotatable bonds is 3. The van der Waals surface area contributed by atoms with E-state index in [4.69, 9.17) is 10.7 Å². The third-order valence-corrected chi connectivity index (χ3v) is 5.12. The van der Waals surface area contributed by atoms with Crippen LogP contribution >= 0.6 is 10.7 Å². The molecule has 1 fully saturated rings. The molecular weight excluding hydrogens is 293 g/mol. The first-order valence-corrected chi connectivity index (χ1v) is 8.11. The first-order valence-electron chi connectivity index (χ1n) is 5.73. The summed E-state index contributed by atoms with van der Waals surface area (Å²) in [7, 11) is 1.52. The lowest BCUT2D eigenvalue weighted by Gasteiger charge is -2.17. The lowest BCUT2D eigenvalue weighted by atomic mass is 10.1. The van der Waals surface area contributed by atoms with E-state index in [9.17, 15) is 17.6 Å². The van der Waals surface area contributed by atoms with Crippen LogP contribution in [0.3, 0.4) is 0 Å². The van der Waals surface area contributed by atoms with Crippen molar-refractivity contribution in [1.29, 1.82) is 0 Å². The van der Waals surface area contributed by atoms with Gasteiger partial charge in [0.25, 0.3) is 0 Å². The molecule has 1 aromatic carbocycles. The van der Waals surface area contributed by atoms with Gasteiger partial charge in [-0.15, -0.1) is 0 Å². The van der Waals surface area contributed by atoms with Gasteiger partial charge in [0.1, 0.15) is 11.1 Å². The maximum Gasteiger partial charge on any atom is 0.237 e. The molecule has 2 rings (SSSR count). The Balaban J connectivity index is 2.16. The SMILES string of the molecule is Cc1ccc(F)cc1CN1CC(S(=O)(=O)Cl)CC1=O. The molecule has 1 atom stereocenters. The number of carbonyl (C=O) groups excluding carboxylic acids is 1. The Hall–Kier alpha value is -1.14. The van der Waals surface area contributed by atoms with Crippen LogP contribution in [0.2, 0.25) is 0 Å². The summed E-state index contributed by atoms with van der Waals surface area (Å²) in [6.45, 7) is 2.07. The summed E-state index contributed by atoms with van der Waals surface area (Å²) >= 11 is 0. The van der Waals surface area contributed by atoms with Crippen molar-refractivity contribution < 1.29 is 17.6 Å². The predicted molar refractivity (Wildman–Crippen MR) is 69.7 cm³/mol. The highest BCUT2D eigenvalue weighted by Gasteiger charge is 2.37. The largest absolute Gasteiger partial charge is 0.337 e. The third-order valence-electron chi connectivity index (χ3n) is 3.25. The van der Waals surface area contributed by atoms with Crippen LogP contribution < -0.4 is 0 Å². The van der Waals surface area contributed by atoms with Crippen LogP contribution in [0.1, 0.15) is 17.5 Å². The number of halogens is 2. The summed E-state index contributed by atoms with van der Waals surface area (Å²) in [6, 6.07) is 4.32. The molecule has 0 aliphatic carbocycles. The van der Waals surface area contributed by atoms with Gasteiger partial charge >= 0.3 is 0 Å². The van der Waals surface area contributed by atoms with Crippen molar-refractivity contribution in [2.45, 2.75) is 25.1 Å². The molecule has 0 saturated carbocycles. The lowest BCUT2D eigenvalue weighted by molar-refractivity contribution is -0.128. The molecular formula is C12H13ClFNO3S. The number of nitrogens with zero attached hydrogens (tertiary/aromatic N) is 1. The molecule has 0 N–H and O–H groups in total. The molecule has 1 aromatic rings. The van der Waals surface area contributed by atoms with Crippen LogP contribution in [0.25, 0.3) is 0 Å². The predicted octanol–water partition coefficient (Wildman–Crippen LogP) is 1.80. The van der Waals surface area contributed by atoms with E-state index in [1.165, 1.54) is 17.0 Å². The van der Waals surface area contributed by atoms with E-state index in [0.29, 0.717) is 5.56 Å². The van der Waals surface area contributed by atoms with Crippen LogP contribution in [-0.4, -0.2) is 31.0 Å². The minimum atomic E-state index is -3.74. The molecule has 7 heteroatoms. The second kappa shape index (κ2) is 5.09. The van der Waals surface area contributed by atoms with Gasteiger partial charge in [-0.3, -0.25) is 4.79 Å². The van der Waals surface area contributed by atoms with E-state index in [1.807, 2.05) is 6.92 Å². The second-order valence-corrected chi connectivity index (χ2v) is 7.56. The molecule has 19 heavy (non-hydrogen) atoms. The molecule has 1 aliphatic rings. The zero-order chi connectivity index (χ0) is 14.2. The van der Waals surface area contributed by atoms with Gasteiger partial charge in [0.05, 0.1) is 0 Å². The minimum Gasteiger partial charge on any atom is -0.337 e. The van der Waals surface area contributed by atoms with Gasteiger partial charge in [0.2, 0.25) is 15.0 Å². The number of hydrogen-bond acceptors (Lipinski definition) is 3. The van der Waals surface area contributed by atoms with Gasteiger partial charge < -0.3 is 4.90 Å². The van der Waals surface area contributed by atoms with Crippen LogP contribution in [-0.2, 0) is 20.4 Å². The van der Waals surface area contributed by atoms with Crippen LogP contribution in [0.5, 0.6) is 0 Å². The second-order valence-electron chi connectivity index (χ2n) is 4.65. The van der Waals surface area contributed by atoms with Crippen molar-refractivity contribution in [3.8, 4) is 0 Å². The number of aryl methyl sites for hydroxylation is 1. The normalized spacial score (nSPS) is 20.1. The summed E-state index contributed by atoms with van der Waals surface area (Å²) in [4.78, 5) is 13.1. The number of amides is 1. The fraction of sp³-hybridized carbons (Fsp3) is 0.417. The number of carbonyl (C=O) groups is 1. The van der Waals surface area contributed by atoms with Gasteiger partial charge in [-0.25, -0.2) is 12.8 Å². The number of hydrogen-bond donors (Lipinski definition) is 0. The average Bonchev–Trinajstić information content (AvgIpc) is 2.65. The van der Waals surface area contributed by atoms with Crippen LogP contribution in [0.4, 0.5) is 4.39 Å². The Bertz CT molecular complexity index is 617. The molecule has 0 spiro atoms. The Morgan fingerprint density at radius 2 is 2.16 bits per heavy atom. The summed E-state index contributed by atoms with van der Waals surface area (Å²) in [5.41, 5.74) is 1.52. The Morgan fingerprint density at radius 1 is 1.47 bits per heavy atom. The summed E-state index contributed by atoms with van der Waals surface area (Å²) in [5.74, 6) is -0.661. The third kappa shape index (κ3) is 3.25. The minimum absolute atomic E-state index is 0.0562. The monoisotopic (exact) mass is 305 g/mol. The summed E-state index contributed by atoms with van der Waals surface area (Å²) in [5, 5.41) is -0.879. The highest BCUT2D eigenvalue weighted by atomic mass is 35.7. The lowest BCUT2D eigenvalue weighted by Crippen LogP contribution is -2.27. The zero-order valence-corrected chi connectivity index (χ0v) is 11.8. The highest BCUT2D eigenvalue weighted by molar-refractivity contribution is 8.14. The van der Waals surface area contributed by atoms with Crippen molar-refractivity contribution in [3.05, 3.63) is 35.1 Å². The molecule has 1 heterocycles. The van der Waals surface area contributed by atoms with E-state index in [0.717, 1.165) is 5.56 Å². The molecule has 1 amide bonds. The van der Waals surface area contributed by atoms with Crippen LogP contribution in [0.15, 0.2) is 18.2 Å². The van der Waals surface area contributed by atoms with Gasteiger partial charge in [0, 0.05) is 30.2 Å². The fourth-order valence-electron chi connectivity index (χ4n) is 2.09. The smallest absolute Gasteiger partial charge is 0.237 e. The molecule has 0 aromatic heterocycles. The number of benzene rings is 1. The molecule has 0 radical (unpaired) electrons. The van der Waals surface area contributed by atoms with Gasteiger partial charge in [-0.1, -0.05) is 6.07 Å². The van der Waals surface area contributed by atoms with E-state index in [-0.39, 0.29) is 31.2 Å². The van der Waals surface area contributed by atoms with Crippen molar-refractivity contribution in [1.82, 2.24) is 4.90 Å². The molecule has 4 nitrogen and oxygen atoms in total. The van der Waals surface area contributed by atoms with E-state index in [2.05, 4.69) is 0 Å². The average molecular weight is 306 g/mol. The van der Waals surface area contributed by atoms with Crippen molar-refractivity contribution in [2.75, 3.05) is 6.54 Å². The van der Waals surface area contributed by atoms with Crippen molar-refractivity contribution >= 4 is 25.6 Å². The van der Waals surface area contributed by atoms with Crippen molar-refractivity contribution in [3.63, 3.8) is 0 Å². The summed E-state index contributed by atoms with van der Waals surface area (Å²) in [6.07, 6.45) is -0.111. The zero-order valence-electron chi connectivity index (χ0n) is 10.3. The first kappa shape index (κ1) is 14.3. The van der Waals surface area contributed by atoms with Crippen LogP contribution in [0, 0.1) is 12.7 Å². The van der Waals surface area contributed by atoms with E-state index >= 15 is 0 Å². The van der Waals surface area contributed by atoms with Crippen molar-refractivity contribution in [2.24, 2.45) is 0 Å². The van der Waals surface area contributed by atoms with Gasteiger partial charge in [0.15, 0.2) is 0 Å². The van der Waals surface area contributed by atoms with Gasteiger partial charge in [-0.2, -0.15) is 0 Å². The quantitative estimate of drug-likeness (QED) is 0.800. The maximum absolute atomic E-state index is 13.2. The molecule has 1 unspecified atom stereocenters. The molecule has 0 bridgehead atoms. The summed E-state index contributed by atoms with van der Waals surface area (Å²) < 4.78 is 35.6. The fourth-order valence-corrected chi connectivity index (χ4v) is 3.15. The maximum atomic E-state index is 13.2. The first-order chi connectivity index (χ1) is 8.77. The molecule has 104 valence electrons. The van der Waals surface area contributed by atoms with Gasteiger partial charge in [-0.05, 0) is 30.2 Å². The topological polar surface area (TPSA) is 54.5 Å². The Labute approximate surface area is 115 Å². The standard InChI is InChI=1S/C12H13ClFNO3S/c1-8-2-3-10(14)4-9(8)6-15-7-11(5-12(15)16)19(13,17)18/h2-4,11H,5-7H2,1H3. The van der Waals surface area contributed by atoms with E-state index in [1.54, 1.807) is 6.07 Å². The number of likely N-dealkylation sites (tertiary alicyclic amines) is 1. The Kier molecular flexibility index (Phi) is 3.82. The molecule has 1 aliphatic heterocycles.